The Morgan fingerprint density at radius 2 is 1.86 bits per heavy atom. The monoisotopic (exact) mass is 411 g/mol. The van der Waals surface area contributed by atoms with Gasteiger partial charge in [-0.3, -0.25) is 9.20 Å². The van der Waals surface area contributed by atoms with Crippen LogP contribution in [0, 0.1) is 0 Å². The van der Waals surface area contributed by atoms with Crippen molar-refractivity contribution in [3.63, 3.8) is 0 Å². The van der Waals surface area contributed by atoms with Crippen molar-refractivity contribution >= 4 is 27.3 Å². The van der Waals surface area contributed by atoms with Gasteiger partial charge in [-0.15, -0.1) is 10.2 Å². The molecule has 2 aliphatic rings. The number of pyridine rings is 1. The first-order valence-corrected chi connectivity index (χ1v) is 11.2. The minimum atomic E-state index is -3.57. The number of hydrogen-bond acceptors (Lipinski definition) is 5. The second-order valence-corrected chi connectivity index (χ2v) is 9.47. The molecule has 2 aliphatic heterocycles. The van der Waals surface area contributed by atoms with Gasteiger partial charge in [-0.2, -0.15) is 4.31 Å². The van der Waals surface area contributed by atoms with E-state index in [0.29, 0.717) is 49.4 Å². The average molecular weight is 411 g/mol. The number of aromatic nitrogens is 3. The maximum absolute atomic E-state index is 13.1. The number of nitrogens with zero attached hydrogens (tertiary/aromatic N) is 4. The van der Waals surface area contributed by atoms with Crippen LogP contribution >= 0.6 is 0 Å². The highest BCUT2D eigenvalue weighted by Crippen LogP contribution is 2.32. The van der Waals surface area contributed by atoms with Gasteiger partial charge in [0.2, 0.25) is 15.9 Å². The van der Waals surface area contributed by atoms with Crippen LogP contribution in [0.3, 0.4) is 0 Å². The third kappa shape index (κ3) is 3.20. The predicted octanol–water partition coefficient (Wildman–Crippen LogP) is 2.18. The van der Waals surface area contributed by atoms with Gasteiger partial charge in [0.25, 0.3) is 0 Å². The number of carbonyl (C=O) groups excluding carboxylic acids is 1. The highest BCUT2D eigenvalue weighted by molar-refractivity contribution is 7.89. The zero-order chi connectivity index (χ0) is 20.0. The summed E-state index contributed by atoms with van der Waals surface area (Å²) in [6, 6.07) is 10.7. The van der Waals surface area contributed by atoms with Gasteiger partial charge < -0.3 is 5.32 Å². The van der Waals surface area contributed by atoms with Gasteiger partial charge in [0, 0.05) is 37.3 Å². The van der Waals surface area contributed by atoms with Crippen molar-refractivity contribution in [2.24, 2.45) is 0 Å². The summed E-state index contributed by atoms with van der Waals surface area (Å²) in [6.45, 7) is 0.894. The van der Waals surface area contributed by atoms with E-state index in [0.717, 1.165) is 17.0 Å². The van der Waals surface area contributed by atoms with E-state index in [4.69, 9.17) is 0 Å². The molecule has 9 heteroatoms. The molecule has 4 heterocycles. The molecule has 0 radical (unpaired) electrons. The minimum Gasteiger partial charge on any atom is -0.326 e. The Kier molecular flexibility index (Phi) is 4.36. The predicted molar refractivity (Wildman–Crippen MR) is 107 cm³/mol. The molecule has 150 valence electrons. The molecule has 1 aromatic carbocycles. The number of benzene rings is 1. The van der Waals surface area contributed by atoms with Crippen molar-refractivity contribution in [3.8, 4) is 0 Å². The fourth-order valence-corrected chi connectivity index (χ4v) is 5.68. The van der Waals surface area contributed by atoms with E-state index in [9.17, 15) is 13.2 Å². The molecular weight excluding hydrogens is 390 g/mol. The number of anilines is 1. The molecule has 0 atom stereocenters. The van der Waals surface area contributed by atoms with E-state index in [2.05, 4.69) is 15.5 Å². The van der Waals surface area contributed by atoms with Crippen LogP contribution in [0.2, 0.25) is 0 Å². The summed E-state index contributed by atoms with van der Waals surface area (Å²) in [4.78, 5) is 11.8. The lowest BCUT2D eigenvalue weighted by atomic mass is 9.97. The molecule has 8 nitrogen and oxygen atoms in total. The standard InChI is InChI=1S/C20H21N5O3S/c26-19-7-4-15-13-16(5-6-17(15)21-19)29(27,28)24-11-8-14(9-12-24)20-23-22-18-3-1-2-10-25(18)20/h1-3,5-6,10,13-14H,4,7-9,11-12H2,(H,21,26). The van der Waals surface area contributed by atoms with Crippen LogP contribution in [0.4, 0.5) is 5.69 Å². The van der Waals surface area contributed by atoms with Crippen LogP contribution in [-0.4, -0.2) is 46.3 Å². The molecule has 2 aromatic heterocycles. The highest BCUT2D eigenvalue weighted by Gasteiger charge is 2.32. The number of nitrogens with one attached hydrogen (secondary N) is 1. The SMILES string of the molecule is O=C1CCc2cc(S(=O)(=O)N3CCC(c4nnc5ccccn45)CC3)ccc2N1. The van der Waals surface area contributed by atoms with E-state index in [1.807, 2.05) is 28.8 Å². The van der Waals surface area contributed by atoms with Gasteiger partial charge >= 0.3 is 0 Å². The summed E-state index contributed by atoms with van der Waals surface area (Å²) >= 11 is 0. The molecule has 0 bridgehead atoms. The zero-order valence-electron chi connectivity index (χ0n) is 15.8. The normalized spacial score (nSPS) is 18.6. The third-order valence-corrected chi connectivity index (χ3v) is 7.66. The summed E-state index contributed by atoms with van der Waals surface area (Å²) in [5.41, 5.74) is 2.38. The molecule has 29 heavy (non-hydrogen) atoms. The van der Waals surface area contributed by atoms with Crippen LogP contribution < -0.4 is 5.32 Å². The van der Waals surface area contributed by atoms with E-state index in [-0.39, 0.29) is 11.8 Å². The van der Waals surface area contributed by atoms with Gasteiger partial charge in [-0.05, 0) is 55.2 Å². The lowest BCUT2D eigenvalue weighted by Gasteiger charge is -2.30. The van der Waals surface area contributed by atoms with Gasteiger partial charge in [0.05, 0.1) is 4.90 Å². The maximum atomic E-state index is 13.1. The number of piperidine rings is 1. The molecule has 1 saturated heterocycles. The molecule has 0 spiro atoms. The fraction of sp³-hybridized carbons (Fsp3) is 0.350. The van der Waals surface area contributed by atoms with Crippen LogP contribution in [0.1, 0.15) is 36.6 Å². The lowest BCUT2D eigenvalue weighted by Crippen LogP contribution is -2.38. The second-order valence-electron chi connectivity index (χ2n) is 7.53. The van der Waals surface area contributed by atoms with Gasteiger partial charge in [0.1, 0.15) is 5.82 Å². The van der Waals surface area contributed by atoms with E-state index < -0.39 is 10.0 Å². The highest BCUT2D eigenvalue weighted by atomic mass is 32.2. The molecule has 1 N–H and O–H groups in total. The lowest BCUT2D eigenvalue weighted by molar-refractivity contribution is -0.116. The maximum Gasteiger partial charge on any atom is 0.243 e. The first-order valence-electron chi connectivity index (χ1n) is 9.75. The van der Waals surface area contributed by atoms with Gasteiger partial charge in [0.15, 0.2) is 5.65 Å². The van der Waals surface area contributed by atoms with Crippen LogP contribution in [0.25, 0.3) is 5.65 Å². The van der Waals surface area contributed by atoms with Crippen LogP contribution in [0.15, 0.2) is 47.5 Å². The van der Waals surface area contributed by atoms with Gasteiger partial charge in [-0.25, -0.2) is 8.42 Å². The molecule has 0 unspecified atom stereocenters. The number of carbonyl (C=O) groups is 1. The van der Waals surface area contributed by atoms with Crippen LogP contribution in [0.5, 0.6) is 0 Å². The van der Waals surface area contributed by atoms with Crippen molar-refractivity contribution in [1.82, 2.24) is 18.9 Å². The molecule has 0 aliphatic carbocycles. The smallest absolute Gasteiger partial charge is 0.243 e. The molecule has 1 fully saturated rings. The number of amides is 1. The first-order chi connectivity index (χ1) is 14.0. The largest absolute Gasteiger partial charge is 0.326 e. The summed E-state index contributed by atoms with van der Waals surface area (Å²) < 4.78 is 29.8. The molecule has 3 aromatic rings. The molecule has 1 amide bonds. The fourth-order valence-electron chi connectivity index (χ4n) is 4.16. The second kappa shape index (κ2) is 6.93. The van der Waals surface area contributed by atoms with Crippen molar-refractivity contribution in [3.05, 3.63) is 54.0 Å². The summed E-state index contributed by atoms with van der Waals surface area (Å²) in [5, 5.41) is 11.3. The van der Waals surface area contributed by atoms with Crippen molar-refractivity contribution < 1.29 is 13.2 Å². The number of rotatable bonds is 3. The third-order valence-electron chi connectivity index (χ3n) is 5.77. The van der Waals surface area contributed by atoms with Crippen molar-refractivity contribution in [2.45, 2.75) is 36.5 Å². The summed E-state index contributed by atoms with van der Waals surface area (Å²) in [7, 11) is -3.57. The number of aryl methyl sites for hydroxylation is 1. The van der Waals surface area contributed by atoms with Crippen molar-refractivity contribution in [1.29, 1.82) is 0 Å². The Labute approximate surface area is 168 Å². The molecule has 0 saturated carbocycles. The quantitative estimate of drug-likeness (QED) is 0.713. The van der Waals surface area contributed by atoms with Crippen LogP contribution in [-0.2, 0) is 21.2 Å². The Morgan fingerprint density at radius 3 is 2.69 bits per heavy atom. The number of hydrogen-bond donors (Lipinski definition) is 1. The molecule has 5 rings (SSSR count). The van der Waals surface area contributed by atoms with E-state index >= 15 is 0 Å². The van der Waals surface area contributed by atoms with E-state index in [1.54, 1.807) is 22.5 Å². The Bertz CT molecular complexity index is 1200. The van der Waals surface area contributed by atoms with Crippen molar-refractivity contribution in [2.75, 3.05) is 18.4 Å². The topological polar surface area (TPSA) is 96.7 Å². The average Bonchev–Trinajstić information content (AvgIpc) is 3.17. The molecular formula is C20H21N5O3S. The summed E-state index contributed by atoms with van der Waals surface area (Å²) in [5.74, 6) is 1.04. The number of fused-ring (bicyclic) bond motifs is 2. The minimum absolute atomic E-state index is 0.0313. The van der Waals surface area contributed by atoms with Gasteiger partial charge in [-0.1, -0.05) is 6.07 Å². The number of sulfonamides is 1. The summed E-state index contributed by atoms with van der Waals surface area (Å²) in [6.07, 6.45) is 4.30. The zero-order valence-corrected chi connectivity index (χ0v) is 16.6. The van der Waals surface area contributed by atoms with E-state index in [1.165, 1.54) is 0 Å². The Morgan fingerprint density at radius 1 is 1.03 bits per heavy atom. The Hall–Kier alpha value is -2.78. The Balaban J connectivity index is 1.34. The first kappa shape index (κ1) is 18.3.